The highest BCUT2D eigenvalue weighted by atomic mass is 16.7. The third kappa shape index (κ3) is 6.25. The van der Waals surface area contributed by atoms with Gasteiger partial charge in [0.15, 0.2) is 5.79 Å². The number of nitrogens with two attached hydrogens (primary N) is 2. The zero-order valence-corrected chi connectivity index (χ0v) is 7.30. The second-order valence-electron chi connectivity index (χ2n) is 2.67. The van der Waals surface area contributed by atoms with Crippen molar-refractivity contribution in [3.63, 3.8) is 0 Å². The van der Waals surface area contributed by atoms with Gasteiger partial charge in [-0.1, -0.05) is 0 Å². The summed E-state index contributed by atoms with van der Waals surface area (Å²) in [6.45, 7) is 5.73. The standard InChI is InChI=1S/C7H18N2O2/c1-7(2,10-5-3-8)11-6-4-9/h3-6,8-9H2,1-2H3. The van der Waals surface area contributed by atoms with Crippen LogP contribution in [0.3, 0.4) is 0 Å². The molecule has 0 saturated carbocycles. The van der Waals surface area contributed by atoms with Gasteiger partial charge in [-0.05, 0) is 13.8 Å². The minimum Gasteiger partial charge on any atom is -0.349 e. The highest BCUT2D eigenvalue weighted by Crippen LogP contribution is 2.09. The fraction of sp³-hybridized carbons (Fsp3) is 1.00. The van der Waals surface area contributed by atoms with E-state index in [4.69, 9.17) is 20.9 Å². The van der Waals surface area contributed by atoms with E-state index in [2.05, 4.69) is 0 Å². The quantitative estimate of drug-likeness (QED) is 0.525. The topological polar surface area (TPSA) is 70.5 Å². The molecule has 0 aliphatic heterocycles. The lowest BCUT2D eigenvalue weighted by Crippen LogP contribution is -2.32. The number of ether oxygens (including phenoxy) is 2. The van der Waals surface area contributed by atoms with Crippen LogP contribution in [0.4, 0.5) is 0 Å². The van der Waals surface area contributed by atoms with E-state index in [9.17, 15) is 0 Å². The minimum absolute atomic E-state index is 0.509. The summed E-state index contributed by atoms with van der Waals surface area (Å²) in [5, 5.41) is 0. The number of hydrogen-bond donors (Lipinski definition) is 2. The molecule has 68 valence electrons. The molecule has 0 aliphatic carbocycles. The summed E-state index contributed by atoms with van der Waals surface area (Å²) in [6.07, 6.45) is 0. The molecule has 0 atom stereocenters. The molecule has 0 saturated heterocycles. The monoisotopic (exact) mass is 162 g/mol. The van der Waals surface area contributed by atoms with Crippen molar-refractivity contribution in [2.75, 3.05) is 26.3 Å². The Bertz CT molecular complexity index is 86.4. The summed E-state index contributed by atoms with van der Waals surface area (Å²) >= 11 is 0. The Labute approximate surface area is 67.8 Å². The third-order valence-electron chi connectivity index (χ3n) is 1.14. The number of rotatable bonds is 6. The molecule has 0 spiro atoms. The van der Waals surface area contributed by atoms with Gasteiger partial charge in [0.05, 0.1) is 13.2 Å². The minimum atomic E-state index is -0.557. The second-order valence-corrected chi connectivity index (χ2v) is 2.67. The molecule has 4 N–H and O–H groups in total. The van der Waals surface area contributed by atoms with Crippen molar-refractivity contribution in [2.45, 2.75) is 19.6 Å². The maximum atomic E-state index is 5.28. The first-order chi connectivity index (χ1) is 5.12. The summed E-state index contributed by atoms with van der Waals surface area (Å²) in [7, 11) is 0. The van der Waals surface area contributed by atoms with Crippen LogP contribution in [0.5, 0.6) is 0 Å². The molecule has 0 fully saturated rings. The molecular formula is C7H18N2O2. The van der Waals surface area contributed by atoms with Crippen LogP contribution in [-0.2, 0) is 9.47 Å². The van der Waals surface area contributed by atoms with Crippen LogP contribution in [-0.4, -0.2) is 32.1 Å². The molecule has 11 heavy (non-hydrogen) atoms. The van der Waals surface area contributed by atoms with Crippen LogP contribution in [0.25, 0.3) is 0 Å². The maximum absolute atomic E-state index is 5.28. The van der Waals surface area contributed by atoms with E-state index in [1.54, 1.807) is 0 Å². The van der Waals surface area contributed by atoms with Gasteiger partial charge in [0.25, 0.3) is 0 Å². The van der Waals surface area contributed by atoms with Crippen LogP contribution < -0.4 is 11.5 Å². The highest BCUT2D eigenvalue weighted by Gasteiger charge is 2.17. The summed E-state index contributed by atoms with van der Waals surface area (Å²) in [5.41, 5.74) is 10.5. The zero-order valence-electron chi connectivity index (χ0n) is 7.30. The predicted octanol–water partition coefficient (Wildman–Crippen LogP) is -0.327. The van der Waals surface area contributed by atoms with Crippen molar-refractivity contribution in [1.82, 2.24) is 0 Å². The molecule has 0 unspecified atom stereocenters. The van der Waals surface area contributed by atoms with Crippen LogP contribution >= 0.6 is 0 Å². The SMILES string of the molecule is CC(C)(OCCN)OCCN. The Balaban J connectivity index is 3.43. The fourth-order valence-electron chi connectivity index (χ4n) is 0.651. The lowest BCUT2D eigenvalue weighted by molar-refractivity contribution is -0.209. The van der Waals surface area contributed by atoms with E-state index in [1.165, 1.54) is 0 Å². The van der Waals surface area contributed by atoms with Gasteiger partial charge in [-0.3, -0.25) is 0 Å². The predicted molar refractivity (Wildman–Crippen MR) is 44.1 cm³/mol. The molecule has 0 aromatic carbocycles. The van der Waals surface area contributed by atoms with Crippen molar-refractivity contribution in [1.29, 1.82) is 0 Å². The van der Waals surface area contributed by atoms with Gasteiger partial charge in [0.2, 0.25) is 0 Å². The Kier molecular flexibility index (Phi) is 5.41. The van der Waals surface area contributed by atoms with Crippen molar-refractivity contribution >= 4 is 0 Å². The summed E-state index contributed by atoms with van der Waals surface area (Å²) < 4.78 is 10.6. The molecule has 0 radical (unpaired) electrons. The molecule has 0 heterocycles. The first kappa shape index (κ1) is 10.8. The van der Waals surface area contributed by atoms with Crippen LogP contribution in [0.1, 0.15) is 13.8 Å². The van der Waals surface area contributed by atoms with E-state index in [-0.39, 0.29) is 0 Å². The Morgan fingerprint density at radius 2 is 1.36 bits per heavy atom. The molecule has 0 aromatic rings. The molecule has 4 nitrogen and oxygen atoms in total. The average Bonchev–Trinajstić information content (AvgIpc) is 1.97. The van der Waals surface area contributed by atoms with Crippen LogP contribution in [0.15, 0.2) is 0 Å². The van der Waals surface area contributed by atoms with Crippen LogP contribution in [0, 0.1) is 0 Å². The number of hydrogen-bond acceptors (Lipinski definition) is 4. The first-order valence-electron chi connectivity index (χ1n) is 3.80. The lowest BCUT2D eigenvalue weighted by atomic mass is 10.4. The largest absolute Gasteiger partial charge is 0.349 e. The van der Waals surface area contributed by atoms with Gasteiger partial charge in [-0.15, -0.1) is 0 Å². The van der Waals surface area contributed by atoms with E-state index < -0.39 is 5.79 Å². The molecule has 4 heteroatoms. The van der Waals surface area contributed by atoms with Gasteiger partial charge in [-0.25, -0.2) is 0 Å². The van der Waals surface area contributed by atoms with Crippen LogP contribution in [0.2, 0.25) is 0 Å². The molecule has 0 aromatic heterocycles. The van der Waals surface area contributed by atoms with Gasteiger partial charge in [-0.2, -0.15) is 0 Å². The van der Waals surface area contributed by atoms with E-state index in [0.717, 1.165) is 0 Å². The third-order valence-corrected chi connectivity index (χ3v) is 1.14. The Morgan fingerprint density at radius 3 is 1.64 bits per heavy atom. The molecular weight excluding hydrogens is 144 g/mol. The first-order valence-corrected chi connectivity index (χ1v) is 3.80. The highest BCUT2D eigenvalue weighted by molar-refractivity contribution is 4.53. The van der Waals surface area contributed by atoms with Crippen molar-refractivity contribution in [3.8, 4) is 0 Å². The molecule has 0 bridgehead atoms. The normalized spacial score (nSPS) is 12.0. The summed E-state index contributed by atoms with van der Waals surface area (Å²) in [6, 6.07) is 0. The summed E-state index contributed by atoms with van der Waals surface area (Å²) in [5.74, 6) is -0.557. The van der Waals surface area contributed by atoms with Gasteiger partial charge in [0, 0.05) is 13.1 Å². The maximum Gasteiger partial charge on any atom is 0.162 e. The summed E-state index contributed by atoms with van der Waals surface area (Å²) in [4.78, 5) is 0. The Hall–Kier alpha value is -0.160. The zero-order chi connectivity index (χ0) is 8.74. The molecule has 0 aliphatic rings. The Morgan fingerprint density at radius 1 is 1.00 bits per heavy atom. The second kappa shape index (κ2) is 5.49. The molecule has 0 rings (SSSR count). The van der Waals surface area contributed by atoms with Crippen molar-refractivity contribution < 1.29 is 9.47 Å². The van der Waals surface area contributed by atoms with Crippen molar-refractivity contribution in [2.24, 2.45) is 11.5 Å². The smallest absolute Gasteiger partial charge is 0.162 e. The van der Waals surface area contributed by atoms with Crippen molar-refractivity contribution in [3.05, 3.63) is 0 Å². The molecule has 0 amide bonds. The van der Waals surface area contributed by atoms with E-state index in [1.807, 2.05) is 13.8 Å². The average molecular weight is 162 g/mol. The fourth-order valence-corrected chi connectivity index (χ4v) is 0.651. The van der Waals surface area contributed by atoms with E-state index in [0.29, 0.717) is 26.3 Å². The van der Waals surface area contributed by atoms with Gasteiger partial charge >= 0.3 is 0 Å². The van der Waals surface area contributed by atoms with Gasteiger partial charge < -0.3 is 20.9 Å². The van der Waals surface area contributed by atoms with Gasteiger partial charge in [0.1, 0.15) is 0 Å². The van der Waals surface area contributed by atoms with E-state index >= 15 is 0 Å². The lowest BCUT2D eigenvalue weighted by Gasteiger charge is -2.25.